The van der Waals surface area contributed by atoms with E-state index in [1.165, 1.54) is 0 Å². The summed E-state index contributed by atoms with van der Waals surface area (Å²) in [5.74, 6) is -0.0663. The molecule has 2 aromatic heterocycles. The van der Waals surface area contributed by atoms with Crippen LogP contribution in [0.25, 0.3) is 11.5 Å². The third-order valence-electron chi connectivity index (χ3n) is 6.43. The Morgan fingerprint density at radius 1 is 1.14 bits per heavy atom. The summed E-state index contributed by atoms with van der Waals surface area (Å²) >= 11 is 6.41. The van der Waals surface area contributed by atoms with Crippen molar-refractivity contribution in [3.63, 3.8) is 0 Å². The highest BCUT2D eigenvalue weighted by atomic mass is 35.5. The van der Waals surface area contributed by atoms with Gasteiger partial charge in [-0.1, -0.05) is 47.5 Å². The number of nitrogens with one attached hydrogen (secondary N) is 1. The summed E-state index contributed by atoms with van der Waals surface area (Å²) in [5.41, 5.74) is 3.05. The molecule has 2 aromatic carbocycles. The van der Waals surface area contributed by atoms with Crippen LogP contribution in [0.1, 0.15) is 34.1 Å². The van der Waals surface area contributed by atoms with E-state index >= 15 is 0 Å². The SMILES string of the molecule is Cc1cccc(CNC(=O)C2(C)Cn3nc(-c4ccco4)cc3C(=O)N2c2cccc(Cl)c2C)c1. The van der Waals surface area contributed by atoms with E-state index in [1.807, 2.05) is 44.2 Å². The number of carbonyl (C=O) groups is 2. The molecule has 178 valence electrons. The molecule has 1 aliphatic heterocycles. The first-order chi connectivity index (χ1) is 16.8. The average molecular weight is 489 g/mol. The number of amides is 2. The van der Waals surface area contributed by atoms with Crippen LogP contribution < -0.4 is 10.2 Å². The van der Waals surface area contributed by atoms with E-state index in [4.69, 9.17) is 16.0 Å². The maximum Gasteiger partial charge on any atom is 0.277 e. The predicted octanol–water partition coefficient (Wildman–Crippen LogP) is 5.15. The van der Waals surface area contributed by atoms with E-state index in [9.17, 15) is 9.59 Å². The second kappa shape index (κ2) is 8.74. The predicted molar refractivity (Wildman–Crippen MR) is 134 cm³/mol. The molecule has 0 spiro atoms. The normalized spacial score (nSPS) is 17.4. The molecule has 0 fully saturated rings. The Morgan fingerprint density at radius 3 is 2.69 bits per heavy atom. The number of hydrogen-bond donors (Lipinski definition) is 1. The van der Waals surface area contributed by atoms with Gasteiger partial charge in [0.25, 0.3) is 5.91 Å². The first-order valence-corrected chi connectivity index (χ1v) is 11.7. The van der Waals surface area contributed by atoms with Crippen molar-refractivity contribution in [3.05, 3.63) is 94.3 Å². The summed E-state index contributed by atoms with van der Waals surface area (Å²) in [6, 6.07) is 18.5. The fourth-order valence-corrected chi connectivity index (χ4v) is 4.71. The number of nitrogens with zero attached hydrogens (tertiary/aromatic N) is 3. The summed E-state index contributed by atoms with van der Waals surface area (Å²) in [7, 11) is 0. The largest absolute Gasteiger partial charge is 0.463 e. The number of halogens is 1. The highest BCUT2D eigenvalue weighted by Gasteiger charge is 2.49. The van der Waals surface area contributed by atoms with Crippen LogP contribution in [0, 0.1) is 13.8 Å². The standard InChI is InChI=1S/C27H25ClN4O3/c1-17-7-4-8-19(13-17)15-29-26(34)27(3)16-31-23(14-21(30-31)24-11-6-12-35-24)25(33)32(27)22-10-5-9-20(28)18(22)2/h4-14H,15-16H2,1-3H3,(H,29,34). The van der Waals surface area contributed by atoms with E-state index in [0.29, 0.717) is 34.4 Å². The van der Waals surface area contributed by atoms with Gasteiger partial charge in [0.15, 0.2) is 5.76 Å². The Bertz CT molecular complexity index is 1430. The maximum atomic E-state index is 13.9. The molecule has 0 aliphatic carbocycles. The number of aryl methyl sites for hydroxylation is 1. The van der Waals surface area contributed by atoms with Gasteiger partial charge in [-0.3, -0.25) is 19.2 Å². The second-order valence-corrected chi connectivity index (χ2v) is 9.43. The number of rotatable bonds is 5. The molecule has 1 atom stereocenters. The van der Waals surface area contributed by atoms with Gasteiger partial charge in [0.1, 0.15) is 16.9 Å². The molecule has 0 bridgehead atoms. The number of carbonyl (C=O) groups excluding carboxylic acids is 2. The summed E-state index contributed by atoms with van der Waals surface area (Å²) < 4.78 is 7.06. The molecule has 0 saturated heterocycles. The first-order valence-electron chi connectivity index (χ1n) is 11.3. The van der Waals surface area contributed by atoms with Gasteiger partial charge in [-0.15, -0.1) is 0 Å². The number of aromatic nitrogens is 2. The molecule has 3 heterocycles. The Balaban J connectivity index is 1.57. The van der Waals surface area contributed by atoms with Crippen LogP contribution in [0.15, 0.2) is 71.3 Å². The van der Waals surface area contributed by atoms with Crippen molar-refractivity contribution in [2.75, 3.05) is 4.90 Å². The van der Waals surface area contributed by atoms with Crippen molar-refractivity contribution in [1.82, 2.24) is 15.1 Å². The minimum absolute atomic E-state index is 0.167. The van der Waals surface area contributed by atoms with Gasteiger partial charge in [0.2, 0.25) is 5.91 Å². The average Bonchev–Trinajstić information content (AvgIpc) is 3.50. The second-order valence-electron chi connectivity index (χ2n) is 9.02. The van der Waals surface area contributed by atoms with Crippen molar-refractivity contribution in [3.8, 4) is 11.5 Å². The molecule has 1 aliphatic rings. The van der Waals surface area contributed by atoms with Crippen molar-refractivity contribution >= 4 is 29.1 Å². The zero-order valence-corrected chi connectivity index (χ0v) is 20.5. The minimum atomic E-state index is -1.25. The van der Waals surface area contributed by atoms with Crippen molar-refractivity contribution in [2.24, 2.45) is 0 Å². The smallest absolute Gasteiger partial charge is 0.277 e. The Hall–Kier alpha value is -3.84. The summed E-state index contributed by atoms with van der Waals surface area (Å²) in [5, 5.41) is 8.14. The molecular formula is C27H25ClN4O3. The van der Waals surface area contributed by atoms with E-state index in [0.717, 1.165) is 16.7 Å². The number of hydrogen-bond acceptors (Lipinski definition) is 4. The van der Waals surface area contributed by atoms with Crippen molar-refractivity contribution in [1.29, 1.82) is 0 Å². The molecule has 1 N–H and O–H groups in total. The summed E-state index contributed by atoms with van der Waals surface area (Å²) in [4.78, 5) is 29.2. The molecule has 0 radical (unpaired) electrons. The maximum absolute atomic E-state index is 13.9. The van der Waals surface area contributed by atoms with E-state index in [1.54, 1.807) is 53.1 Å². The summed E-state index contributed by atoms with van der Waals surface area (Å²) in [6.45, 7) is 6.12. The third kappa shape index (κ3) is 4.02. The molecule has 5 rings (SSSR count). The van der Waals surface area contributed by atoms with Crippen LogP contribution in [0.5, 0.6) is 0 Å². The third-order valence-corrected chi connectivity index (χ3v) is 6.84. The quantitative estimate of drug-likeness (QED) is 0.421. The zero-order valence-electron chi connectivity index (χ0n) is 19.7. The van der Waals surface area contributed by atoms with Crippen LogP contribution in [0.2, 0.25) is 5.02 Å². The van der Waals surface area contributed by atoms with Gasteiger partial charge in [-0.05, 0) is 56.2 Å². The zero-order chi connectivity index (χ0) is 24.7. The molecule has 1 unspecified atom stereocenters. The van der Waals surface area contributed by atoms with Crippen LogP contribution in [0.4, 0.5) is 5.69 Å². The monoisotopic (exact) mass is 488 g/mol. The number of benzene rings is 2. The van der Waals surface area contributed by atoms with Gasteiger partial charge < -0.3 is 9.73 Å². The topological polar surface area (TPSA) is 80.4 Å². The fourth-order valence-electron chi connectivity index (χ4n) is 4.54. The van der Waals surface area contributed by atoms with Crippen molar-refractivity contribution < 1.29 is 14.0 Å². The van der Waals surface area contributed by atoms with Gasteiger partial charge >= 0.3 is 0 Å². The molecule has 0 saturated carbocycles. The number of furan rings is 1. The van der Waals surface area contributed by atoms with Crippen LogP contribution in [-0.4, -0.2) is 27.1 Å². The highest BCUT2D eigenvalue weighted by molar-refractivity contribution is 6.32. The highest BCUT2D eigenvalue weighted by Crippen LogP contribution is 2.37. The van der Waals surface area contributed by atoms with Crippen molar-refractivity contribution in [2.45, 2.75) is 39.4 Å². The minimum Gasteiger partial charge on any atom is -0.463 e. The molecular weight excluding hydrogens is 464 g/mol. The molecule has 7 nitrogen and oxygen atoms in total. The number of fused-ring (bicyclic) bond motifs is 1. The molecule has 4 aromatic rings. The fraction of sp³-hybridized carbons (Fsp3) is 0.222. The molecule has 2 amide bonds. The van der Waals surface area contributed by atoms with Gasteiger partial charge in [-0.2, -0.15) is 5.10 Å². The Labute approximate surface area is 208 Å². The molecule has 35 heavy (non-hydrogen) atoms. The lowest BCUT2D eigenvalue weighted by atomic mass is 9.93. The van der Waals surface area contributed by atoms with E-state index < -0.39 is 5.54 Å². The van der Waals surface area contributed by atoms with Gasteiger partial charge in [0.05, 0.1) is 12.8 Å². The Kier molecular flexibility index (Phi) is 5.73. The van der Waals surface area contributed by atoms with Gasteiger partial charge in [-0.25, -0.2) is 0 Å². The van der Waals surface area contributed by atoms with Gasteiger partial charge in [0, 0.05) is 23.3 Å². The Morgan fingerprint density at radius 2 is 1.94 bits per heavy atom. The van der Waals surface area contributed by atoms with E-state index in [2.05, 4.69) is 10.4 Å². The lowest BCUT2D eigenvalue weighted by Crippen LogP contribution is -2.64. The number of anilines is 1. The van der Waals surface area contributed by atoms with E-state index in [-0.39, 0.29) is 18.4 Å². The van der Waals surface area contributed by atoms with Crippen LogP contribution in [-0.2, 0) is 17.9 Å². The van der Waals surface area contributed by atoms with Crippen LogP contribution in [0.3, 0.4) is 0 Å². The van der Waals surface area contributed by atoms with Crippen LogP contribution >= 0.6 is 11.6 Å². The lowest BCUT2D eigenvalue weighted by Gasteiger charge is -2.43. The lowest BCUT2D eigenvalue weighted by molar-refractivity contribution is -0.126. The first kappa shape index (κ1) is 22.9. The molecule has 8 heteroatoms. The summed E-state index contributed by atoms with van der Waals surface area (Å²) in [6.07, 6.45) is 1.56.